The summed E-state index contributed by atoms with van der Waals surface area (Å²) in [5, 5.41) is 4.33. The summed E-state index contributed by atoms with van der Waals surface area (Å²) >= 11 is 0. The Labute approximate surface area is 124 Å². The maximum atomic E-state index is 5.91. The highest BCUT2D eigenvalue weighted by Gasteiger charge is 2.10. The second-order valence-corrected chi connectivity index (χ2v) is 5.30. The summed E-state index contributed by atoms with van der Waals surface area (Å²) in [7, 11) is 0. The van der Waals surface area contributed by atoms with E-state index in [-0.39, 0.29) is 0 Å². The summed E-state index contributed by atoms with van der Waals surface area (Å²) in [6.07, 6.45) is 1.04. The van der Waals surface area contributed by atoms with E-state index in [1.807, 2.05) is 25.1 Å². The topological polar surface area (TPSA) is 51.0 Å². The lowest BCUT2D eigenvalue weighted by Gasteiger charge is -2.05. The van der Waals surface area contributed by atoms with Gasteiger partial charge in [0.25, 0.3) is 0 Å². The van der Waals surface area contributed by atoms with Gasteiger partial charge in [-0.05, 0) is 44.5 Å². The largest absolute Gasteiger partial charge is 0.454 e. The Hall–Kier alpha value is -2.36. The van der Waals surface area contributed by atoms with Gasteiger partial charge in [-0.25, -0.2) is 9.97 Å². The highest BCUT2D eigenvalue weighted by molar-refractivity contribution is 5.82. The summed E-state index contributed by atoms with van der Waals surface area (Å²) in [4.78, 5) is 8.94. The predicted octanol–water partition coefficient (Wildman–Crippen LogP) is 4.33. The fourth-order valence-electron chi connectivity index (χ4n) is 2.30. The first-order valence-electron chi connectivity index (χ1n) is 7.26. The third-order valence-electron chi connectivity index (χ3n) is 3.31. The number of aryl methyl sites for hydroxylation is 2. The standard InChI is InChI=1S/C17H19N3O/c1-4-7-18-17-19-12(3)9-14(20-17)16-10-13-8-11(2)5-6-15(13)21-16/h5-6,8-10H,4,7H2,1-3H3,(H,18,19,20). The second-order valence-electron chi connectivity index (χ2n) is 5.30. The molecule has 3 rings (SSSR count). The molecule has 0 atom stereocenters. The molecule has 0 fully saturated rings. The van der Waals surface area contributed by atoms with Crippen molar-refractivity contribution in [2.75, 3.05) is 11.9 Å². The first-order valence-corrected chi connectivity index (χ1v) is 7.26. The first-order chi connectivity index (χ1) is 10.2. The lowest BCUT2D eigenvalue weighted by atomic mass is 10.2. The van der Waals surface area contributed by atoms with Crippen molar-refractivity contribution in [1.82, 2.24) is 9.97 Å². The fraction of sp³-hybridized carbons (Fsp3) is 0.294. The number of nitrogens with one attached hydrogen (secondary N) is 1. The molecular formula is C17H19N3O. The number of nitrogens with zero attached hydrogens (tertiary/aromatic N) is 2. The SMILES string of the molecule is CCCNc1nc(C)cc(-c2cc3cc(C)ccc3o2)n1. The van der Waals surface area contributed by atoms with Crippen molar-refractivity contribution < 1.29 is 4.42 Å². The fourth-order valence-corrected chi connectivity index (χ4v) is 2.30. The molecule has 0 aliphatic rings. The predicted molar refractivity (Wildman–Crippen MR) is 85.5 cm³/mol. The zero-order chi connectivity index (χ0) is 14.8. The Morgan fingerprint density at radius 1 is 1.10 bits per heavy atom. The van der Waals surface area contributed by atoms with Gasteiger partial charge in [0.2, 0.25) is 5.95 Å². The molecule has 0 aliphatic carbocycles. The van der Waals surface area contributed by atoms with Crippen LogP contribution in [0, 0.1) is 13.8 Å². The van der Waals surface area contributed by atoms with Gasteiger partial charge in [-0.1, -0.05) is 18.6 Å². The molecule has 0 bridgehead atoms. The third kappa shape index (κ3) is 2.89. The molecule has 3 aromatic rings. The van der Waals surface area contributed by atoms with Crippen LogP contribution < -0.4 is 5.32 Å². The Morgan fingerprint density at radius 3 is 2.76 bits per heavy atom. The van der Waals surface area contributed by atoms with Gasteiger partial charge in [-0.2, -0.15) is 0 Å². The van der Waals surface area contributed by atoms with Crippen LogP contribution in [0.3, 0.4) is 0 Å². The molecule has 0 saturated heterocycles. The van der Waals surface area contributed by atoms with Crippen LogP contribution in [0.5, 0.6) is 0 Å². The van der Waals surface area contributed by atoms with Gasteiger partial charge >= 0.3 is 0 Å². The molecule has 0 amide bonds. The van der Waals surface area contributed by atoms with Crippen LogP contribution in [0.1, 0.15) is 24.6 Å². The molecule has 0 radical (unpaired) electrons. The monoisotopic (exact) mass is 281 g/mol. The van der Waals surface area contributed by atoms with Crippen molar-refractivity contribution >= 4 is 16.9 Å². The van der Waals surface area contributed by atoms with E-state index in [2.05, 4.69) is 41.3 Å². The van der Waals surface area contributed by atoms with Crippen molar-refractivity contribution in [2.45, 2.75) is 27.2 Å². The molecule has 1 N–H and O–H groups in total. The van der Waals surface area contributed by atoms with E-state index in [9.17, 15) is 0 Å². The van der Waals surface area contributed by atoms with E-state index >= 15 is 0 Å². The van der Waals surface area contributed by atoms with Crippen LogP contribution >= 0.6 is 0 Å². The average molecular weight is 281 g/mol. The summed E-state index contributed by atoms with van der Waals surface area (Å²) in [5.41, 5.74) is 3.85. The number of benzene rings is 1. The molecule has 4 nitrogen and oxygen atoms in total. The van der Waals surface area contributed by atoms with E-state index in [4.69, 9.17) is 4.42 Å². The molecule has 108 valence electrons. The summed E-state index contributed by atoms with van der Waals surface area (Å²) < 4.78 is 5.91. The van der Waals surface area contributed by atoms with E-state index in [1.165, 1.54) is 5.56 Å². The number of hydrogen-bond acceptors (Lipinski definition) is 4. The van der Waals surface area contributed by atoms with Crippen LogP contribution in [-0.4, -0.2) is 16.5 Å². The highest BCUT2D eigenvalue weighted by atomic mass is 16.3. The molecule has 2 aromatic heterocycles. The van der Waals surface area contributed by atoms with E-state index in [1.54, 1.807) is 0 Å². The van der Waals surface area contributed by atoms with Gasteiger partial charge in [0.15, 0.2) is 5.76 Å². The lowest BCUT2D eigenvalue weighted by Crippen LogP contribution is -2.05. The van der Waals surface area contributed by atoms with Crippen LogP contribution in [0.2, 0.25) is 0 Å². The van der Waals surface area contributed by atoms with Crippen LogP contribution in [-0.2, 0) is 0 Å². The van der Waals surface area contributed by atoms with Gasteiger partial charge in [-0.15, -0.1) is 0 Å². The average Bonchev–Trinajstić information content (AvgIpc) is 2.87. The quantitative estimate of drug-likeness (QED) is 0.773. The van der Waals surface area contributed by atoms with Crippen LogP contribution in [0.25, 0.3) is 22.4 Å². The molecule has 21 heavy (non-hydrogen) atoms. The Balaban J connectivity index is 2.02. The Kier molecular flexibility index (Phi) is 3.60. The summed E-state index contributed by atoms with van der Waals surface area (Å²) in [5.74, 6) is 1.43. The number of furan rings is 1. The molecule has 4 heteroatoms. The number of aromatic nitrogens is 2. The van der Waals surface area contributed by atoms with E-state index in [0.29, 0.717) is 5.95 Å². The first kappa shape index (κ1) is 13.6. The van der Waals surface area contributed by atoms with Gasteiger partial charge in [0.05, 0.1) is 0 Å². The van der Waals surface area contributed by atoms with Crippen molar-refractivity contribution in [1.29, 1.82) is 0 Å². The van der Waals surface area contributed by atoms with Crippen LogP contribution in [0.15, 0.2) is 34.7 Å². The van der Waals surface area contributed by atoms with Crippen molar-refractivity contribution in [2.24, 2.45) is 0 Å². The zero-order valence-electron chi connectivity index (χ0n) is 12.6. The zero-order valence-corrected chi connectivity index (χ0v) is 12.6. The summed E-state index contributed by atoms with van der Waals surface area (Å²) in [6.45, 7) is 7.02. The van der Waals surface area contributed by atoms with Crippen molar-refractivity contribution in [3.05, 3.63) is 41.6 Å². The number of anilines is 1. The maximum absolute atomic E-state index is 5.91. The van der Waals surface area contributed by atoms with E-state index in [0.717, 1.165) is 41.1 Å². The smallest absolute Gasteiger partial charge is 0.223 e. The van der Waals surface area contributed by atoms with Gasteiger partial charge in [-0.3, -0.25) is 0 Å². The molecule has 0 spiro atoms. The lowest BCUT2D eigenvalue weighted by molar-refractivity contribution is 0.628. The van der Waals surface area contributed by atoms with Crippen LogP contribution in [0.4, 0.5) is 5.95 Å². The number of rotatable bonds is 4. The molecule has 0 aliphatic heterocycles. The Bertz CT molecular complexity index is 777. The molecule has 0 unspecified atom stereocenters. The number of fused-ring (bicyclic) bond motifs is 1. The van der Waals surface area contributed by atoms with Crippen molar-refractivity contribution in [3.63, 3.8) is 0 Å². The van der Waals surface area contributed by atoms with Gasteiger partial charge < -0.3 is 9.73 Å². The van der Waals surface area contributed by atoms with E-state index < -0.39 is 0 Å². The maximum Gasteiger partial charge on any atom is 0.223 e. The van der Waals surface area contributed by atoms with Gasteiger partial charge in [0, 0.05) is 17.6 Å². The normalized spacial score (nSPS) is 11.0. The summed E-state index contributed by atoms with van der Waals surface area (Å²) in [6, 6.07) is 10.1. The highest BCUT2D eigenvalue weighted by Crippen LogP contribution is 2.28. The molecule has 0 saturated carbocycles. The number of hydrogen-bond donors (Lipinski definition) is 1. The minimum atomic E-state index is 0.656. The van der Waals surface area contributed by atoms with Crippen molar-refractivity contribution in [3.8, 4) is 11.5 Å². The molecule has 1 aromatic carbocycles. The third-order valence-corrected chi connectivity index (χ3v) is 3.31. The molecular weight excluding hydrogens is 262 g/mol. The minimum absolute atomic E-state index is 0.656. The Morgan fingerprint density at radius 2 is 1.95 bits per heavy atom. The van der Waals surface area contributed by atoms with Gasteiger partial charge in [0.1, 0.15) is 11.3 Å². The molecule has 2 heterocycles. The second kappa shape index (κ2) is 5.56. The minimum Gasteiger partial charge on any atom is -0.454 e.